The molecule has 1 aliphatic heterocycles. The van der Waals surface area contributed by atoms with Crippen molar-refractivity contribution < 1.29 is 9.53 Å². The summed E-state index contributed by atoms with van der Waals surface area (Å²) >= 11 is 0. The SMILES string of the molecule is CC(C)N(Cc1ccc(NC(=O)[C@@H]2C[C@H]2C2CC2)cc1)C[C@@H]1CCCCO1. The van der Waals surface area contributed by atoms with Crippen LogP contribution in [-0.4, -0.2) is 36.1 Å². The molecule has 3 fully saturated rings. The van der Waals surface area contributed by atoms with Crippen LogP contribution in [0.1, 0.15) is 57.9 Å². The van der Waals surface area contributed by atoms with Gasteiger partial charge < -0.3 is 10.1 Å². The molecule has 4 heteroatoms. The third-order valence-electron chi connectivity index (χ3n) is 6.45. The van der Waals surface area contributed by atoms with E-state index in [1.54, 1.807) is 0 Å². The number of carbonyl (C=O) groups is 1. The summed E-state index contributed by atoms with van der Waals surface area (Å²) in [6, 6.07) is 8.90. The lowest BCUT2D eigenvalue weighted by molar-refractivity contribution is -0.117. The van der Waals surface area contributed by atoms with Crippen molar-refractivity contribution in [3.63, 3.8) is 0 Å². The minimum Gasteiger partial charge on any atom is -0.377 e. The highest BCUT2D eigenvalue weighted by Gasteiger charge is 2.51. The van der Waals surface area contributed by atoms with Gasteiger partial charge in [-0.25, -0.2) is 0 Å². The molecular weight excluding hydrogens is 336 g/mol. The Bertz CT molecular complexity index is 632. The largest absolute Gasteiger partial charge is 0.377 e. The van der Waals surface area contributed by atoms with Crippen molar-refractivity contribution >= 4 is 11.6 Å². The summed E-state index contributed by atoms with van der Waals surface area (Å²) in [7, 11) is 0. The molecule has 0 bridgehead atoms. The highest BCUT2D eigenvalue weighted by atomic mass is 16.5. The Balaban J connectivity index is 1.28. The standard InChI is InChI=1S/C23H34N2O2/c1-16(2)25(15-20-5-3-4-12-27-20)14-17-6-10-19(11-7-17)24-23(26)22-13-21(22)18-8-9-18/h6-7,10-11,16,18,20-22H,3-5,8-9,12-15H2,1-2H3,(H,24,26)/t20-,21-,22+/m0/s1. The van der Waals surface area contributed by atoms with Gasteiger partial charge in [0.15, 0.2) is 0 Å². The summed E-state index contributed by atoms with van der Waals surface area (Å²) in [6.45, 7) is 7.35. The van der Waals surface area contributed by atoms with Crippen molar-refractivity contribution in [2.24, 2.45) is 17.8 Å². The highest BCUT2D eigenvalue weighted by Crippen LogP contribution is 2.54. The highest BCUT2D eigenvalue weighted by molar-refractivity contribution is 5.94. The monoisotopic (exact) mass is 370 g/mol. The number of hydrogen-bond acceptors (Lipinski definition) is 3. The van der Waals surface area contributed by atoms with E-state index >= 15 is 0 Å². The molecule has 0 radical (unpaired) electrons. The Hall–Kier alpha value is -1.39. The number of rotatable bonds is 8. The first kappa shape index (κ1) is 18.9. The second-order valence-corrected chi connectivity index (χ2v) is 9.04. The van der Waals surface area contributed by atoms with Gasteiger partial charge in [0.1, 0.15) is 0 Å². The van der Waals surface area contributed by atoms with Crippen LogP contribution in [0.4, 0.5) is 5.69 Å². The molecule has 1 saturated heterocycles. The third-order valence-corrected chi connectivity index (χ3v) is 6.45. The number of anilines is 1. The molecule has 1 aromatic rings. The van der Waals surface area contributed by atoms with Crippen molar-refractivity contribution in [2.75, 3.05) is 18.5 Å². The van der Waals surface area contributed by atoms with Gasteiger partial charge in [-0.05, 0) is 81.9 Å². The molecule has 27 heavy (non-hydrogen) atoms. The van der Waals surface area contributed by atoms with E-state index in [4.69, 9.17) is 4.74 Å². The zero-order chi connectivity index (χ0) is 18.8. The average Bonchev–Trinajstić information content (AvgIpc) is 3.55. The second-order valence-electron chi connectivity index (χ2n) is 9.04. The molecule has 1 N–H and O–H groups in total. The number of hydrogen-bond donors (Lipinski definition) is 1. The third kappa shape index (κ3) is 5.11. The van der Waals surface area contributed by atoms with Crippen molar-refractivity contribution in [1.82, 2.24) is 4.90 Å². The molecule has 148 valence electrons. The van der Waals surface area contributed by atoms with Crippen LogP contribution < -0.4 is 5.32 Å². The zero-order valence-corrected chi connectivity index (χ0v) is 16.8. The Morgan fingerprint density at radius 2 is 1.96 bits per heavy atom. The van der Waals surface area contributed by atoms with Gasteiger partial charge in [0.2, 0.25) is 5.91 Å². The van der Waals surface area contributed by atoms with E-state index in [0.29, 0.717) is 18.1 Å². The molecule has 4 nitrogen and oxygen atoms in total. The van der Waals surface area contributed by atoms with E-state index in [-0.39, 0.29) is 11.8 Å². The topological polar surface area (TPSA) is 41.6 Å². The molecule has 3 atom stereocenters. The van der Waals surface area contributed by atoms with E-state index in [1.165, 1.54) is 37.7 Å². The molecule has 0 aromatic heterocycles. The molecule has 0 spiro atoms. The second kappa shape index (κ2) is 8.32. The van der Waals surface area contributed by atoms with Crippen molar-refractivity contribution in [3.05, 3.63) is 29.8 Å². The number of ether oxygens (including phenoxy) is 1. The molecular formula is C23H34N2O2. The molecule has 0 unspecified atom stereocenters. The van der Waals surface area contributed by atoms with Gasteiger partial charge in [-0.15, -0.1) is 0 Å². The zero-order valence-electron chi connectivity index (χ0n) is 16.8. The molecule has 4 rings (SSSR count). The number of benzene rings is 1. The first-order chi connectivity index (χ1) is 13.1. The van der Waals surface area contributed by atoms with Gasteiger partial charge in [-0.1, -0.05) is 12.1 Å². The number of nitrogens with one attached hydrogen (secondary N) is 1. The van der Waals surface area contributed by atoms with Crippen LogP contribution in [0, 0.1) is 17.8 Å². The molecule has 2 saturated carbocycles. The van der Waals surface area contributed by atoms with Crippen molar-refractivity contribution in [3.8, 4) is 0 Å². The Kier molecular flexibility index (Phi) is 5.84. The molecule has 1 heterocycles. The van der Waals surface area contributed by atoms with Gasteiger partial charge in [0, 0.05) is 37.3 Å². The van der Waals surface area contributed by atoms with Crippen LogP contribution in [-0.2, 0) is 16.1 Å². The fourth-order valence-electron chi connectivity index (χ4n) is 4.40. The summed E-state index contributed by atoms with van der Waals surface area (Å²) in [6.07, 6.45) is 7.81. The lowest BCUT2D eigenvalue weighted by Crippen LogP contribution is -2.39. The van der Waals surface area contributed by atoms with Crippen LogP contribution >= 0.6 is 0 Å². The van der Waals surface area contributed by atoms with Crippen molar-refractivity contribution in [1.29, 1.82) is 0 Å². The molecule has 1 aromatic carbocycles. The molecule has 2 aliphatic carbocycles. The Morgan fingerprint density at radius 1 is 1.19 bits per heavy atom. The first-order valence-electron chi connectivity index (χ1n) is 10.9. The minimum absolute atomic E-state index is 0.220. The minimum atomic E-state index is 0.220. The van der Waals surface area contributed by atoms with E-state index < -0.39 is 0 Å². The molecule has 1 amide bonds. The fourth-order valence-corrected chi connectivity index (χ4v) is 4.40. The quantitative estimate of drug-likeness (QED) is 0.735. The lowest BCUT2D eigenvalue weighted by atomic mass is 10.1. The normalized spacial score (nSPS) is 27.8. The summed E-state index contributed by atoms with van der Waals surface area (Å²) in [4.78, 5) is 14.9. The summed E-state index contributed by atoms with van der Waals surface area (Å²) in [5, 5.41) is 3.11. The number of amides is 1. The maximum absolute atomic E-state index is 12.4. The van der Waals surface area contributed by atoms with Gasteiger partial charge in [-0.2, -0.15) is 0 Å². The first-order valence-corrected chi connectivity index (χ1v) is 10.9. The number of nitrogens with zero attached hydrogens (tertiary/aromatic N) is 1. The van der Waals surface area contributed by atoms with Crippen LogP contribution in [0.2, 0.25) is 0 Å². The molecule has 3 aliphatic rings. The maximum atomic E-state index is 12.4. The van der Waals surface area contributed by atoms with Crippen LogP contribution in [0.25, 0.3) is 0 Å². The van der Waals surface area contributed by atoms with Gasteiger partial charge >= 0.3 is 0 Å². The fraction of sp³-hybridized carbons (Fsp3) is 0.696. The van der Waals surface area contributed by atoms with Gasteiger partial charge in [0.05, 0.1) is 6.10 Å². The predicted molar refractivity (Wildman–Crippen MR) is 109 cm³/mol. The van der Waals surface area contributed by atoms with E-state index in [1.807, 2.05) is 0 Å². The Labute approximate surface area is 163 Å². The van der Waals surface area contributed by atoms with Crippen LogP contribution in [0.3, 0.4) is 0 Å². The summed E-state index contributed by atoms with van der Waals surface area (Å²) in [5.74, 6) is 2.01. The van der Waals surface area contributed by atoms with Crippen molar-refractivity contribution in [2.45, 2.75) is 71.1 Å². The summed E-state index contributed by atoms with van der Waals surface area (Å²) < 4.78 is 5.93. The van der Waals surface area contributed by atoms with Gasteiger partial charge in [0.25, 0.3) is 0 Å². The predicted octanol–water partition coefficient (Wildman–Crippen LogP) is 4.45. The van der Waals surface area contributed by atoms with E-state index in [0.717, 1.165) is 37.7 Å². The van der Waals surface area contributed by atoms with E-state index in [2.05, 4.69) is 48.3 Å². The smallest absolute Gasteiger partial charge is 0.227 e. The summed E-state index contributed by atoms with van der Waals surface area (Å²) in [5.41, 5.74) is 2.22. The maximum Gasteiger partial charge on any atom is 0.227 e. The number of carbonyl (C=O) groups excluding carboxylic acids is 1. The lowest BCUT2D eigenvalue weighted by Gasteiger charge is -2.32. The van der Waals surface area contributed by atoms with Crippen LogP contribution in [0.15, 0.2) is 24.3 Å². The average molecular weight is 371 g/mol. The van der Waals surface area contributed by atoms with E-state index in [9.17, 15) is 4.79 Å². The Morgan fingerprint density at radius 3 is 2.59 bits per heavy atom. The van der Waals surface area contributed by atoms with Crippen LogP contribution in [0.5, 0.6) is 0 Å². The van der Waals surface area contributed by atoms with Gasteiger partial charge in [-0.3, -0.25) is 9.69 Å².